The first-order valence-corrected chi connectivity index (χ1v) is 3.71. The first-order valence-electron chi connectivity index (χ1n) is 2.32. The van der Waals surface area contributed by atoms with Crippen LogP contribution in [0.1, 0.15) is 6.92 Å². The maximum Gasteiger partial charge on any atom is 0.394 e. The Morgan fingerprint density at radius 2 is 1.55 bits per heavy atom. The lowest BCUT2D eigenvalue weighted by atomic mass is 10.4. The second kappa shape index (κ2) is 5.02. The molecule has 0 saturated carbocycles. The van der Waals surface area contributed by atoms with Crippen molar-refractivity contribution < 1.29 is 27.4 Å². The Bertz CT molecular complexity index is 198. The molecule has 0 fully saturated rings. The SMILES string of the molecule is CC(O)C(N)=O.O=S(=O)(O)O. The fraction of sp³-hybridized carbons (Fsp3) is 0.667. The summed E-state index contributed by atoms with van der Waals surface area (Å²) in [6.07, 6.45) is -1.01. The highest BCUT2D eigenvalue weighted by Gasteiger charge is 1.98. The molecule has 7 nitrogen and oxygen atoms in total. The van der Waals surface area contributed by atoms with E-state index in [4.69, 9.17) is 22.6 Å². The Labute approximate surface area is 63.4 Å². The quantitative estimate of drug-likeness (QED) is 0.357. The van der Waals surface area contributed by atoms with Crippen LogP contribution < -0.4 is 5.73 Å². The van der Waals surface area contributed by atoms with E-state index in [0.29, 0.717) is 0 Å². The van der Waals surface area contributed by atoms with Gasteiger partial charge in [0, 0.05) is 0 Å². The second-order valence-corrected chi connectivity index (χ2v) is 2.42. The highest BCUT2D eigenvalue weighted by atomic mass is 32.3. The maximum atomic E-state index is 9.67. The molecule has 0 aliphatic carbocycles. The summed E-state index contributed by atoms with van der Waals surface area (Å²) in [5.41, 5.74) is 4.55. The van der Waals surface area contributed by atoms with Gasteiger partial charge in [-0.3, -0.25) is 13.9 Å². The van der Waals surface area contributed by atoms with E-state index in [1.807, 2.05) is 0 Å². The molecule has 0 spiro atoms. The van der Waals surface area contributed by atoms with Crippen LogP contribution in [0.4, 0.5) is 0 Å². The van der Waals surface area contributed by atoms with Crippen molar-refractivity contribution in [1.82, 2.24) is 0 Å². The van der Waals surface area contributed by atoms with Gasteiger partial charge >= 0.3 is 10.4 Å². The fourth-order valence-electron chi connectivity index (χ4n) is 0. The van der Waals surface area contributed by atoms with E-state index < -0.39 is 22.4 Å². The molecule has 1 atom stereocenters. The molecule has 0 aromatic carbocycles. The van der Waals surface area contributed by atoms with Gasteiger partial charge in [0.1, 0.15) is 6.10 Å². The van der Waals surface area contributed by atoms with Crippen LogP contribution in [0, 0.1) is 0 Å². The molecule has 0 aliphatic rings. The Morgan fingerprint density at radius 1 is 1.45 bits per heavy atom. The van der Waals surface area contributed by atoms with Crippen molar-refractivity contribution in [3.05, 3.63) is 0 Å². The smallest absolute Gasteiger partial charge is 0.384 e. The summed E-state index contributed by atoms with van der Waals surface area (Å²) >= 11 is 0. The van der Waals surface area contributed by atoms with Gasteiger partial charge in [-0.05, 0) is 6.92 Å². The molecule has 0 rings (SSSR count). The minimum atomic E-state index is -4.67. The summed E-state index contributed by atoms with van der Waals surface area (Å²) in [6.45, 7) is 1.32. The normalized spacial score (nSPS) is 12.7. The number of rotatable bonds is 1. The Hall–Kier alpha value is -0.700. The monoisotopic (exact) mass is 187 g/mol. The van der Waals surface area contributed by atoms with Crippen molar-refractivity contribution in [2.75, 3.05) is 0 Å². The summed E-state index contributed by atoms with van der Waals surface area (Å²) in [5, 5.41) is 8.16. The third-order valence-corrected chi connectivity index (χ3v) is 0.412. The number of primary amides is 1. The minimum Gasteiger partial charge on any atom is -0.384 e. The molecular weight excluding hydrogens is 178 g/mol. The van der Waals surface area contributed by atoms with Crippen molar-refractivity contribution >= 4 is 16.3 Å². The van der Waals surface area contributed by atoms with Crippen LogP contribution in [-0.2, 0) is 15.2 Å². The lowest BCUT2D eigenvalue weighted by molar-refractivity contribution is -0.125. The second-order valence-electron chi connectivity index (χ2n) is 1.53. The molecule has 8 heteroatoms. The largest absolute Gasteiger partial charge is 0.394 e. The molecule has 1 amide bonds. The molecule has 0 aromatic heterocycles. The molecular formula is C3H9NO6S. The Balaban J connectivity index is 0. The molecule has 0 aromatic rings. The molecule has 0 bridgehead atoms. The van der Waals surface area contributed by atoms with Gasteiger partial charge in [-0.15, -0.1) is 0 Å². The van der Waals surface area contributed by atoms with E-state index >= 15 is 0 Å². The summed E-state index contributed by atoms with van der Waals surface area (Å²) in [6, 6.07) is 0. The van der Waals surface area contributed by atoms with E-state index in [1.54, 1.807) is 0 Å². The van der Waals surface area contributed by atoms with E-state index in [-0.39, 0.29) is 0 Å². The third-order valence-electron chi connectivity index (χ3n) is 0.412. The van der Waals surface area contributed by atoms with E-state index in [0.717, 1.165) is 0 Å². The van der Waals surface area contributed by atoms with Crippen LogP contribution in [0.5, 0.6) is 0 Å². The number of hydrogen-bond acceptors (Lipinski definition) is 4. The summed E-state index contributed by atoms with van der Waals surface area (Å²) in [4.78, 5) is 9.67. The fourth-order valence-corrected chi connectivity index (χ4v) is 0. The van der Waals surface area contributed by atoms with Gasteiger partial charge in [-0.25, -0.2) is 0 Å². The zero-order chi connectivity index (χ0) is 9.65. The van der Waals surface area contributed by atoms with Gasteiger partial charge in [0.2, 0.25) is 5.91 Å². The van der Waals surface area contributed by atoms with Crippen LogP contribution in [-0.4, -0.2) is 34.6 Å². The first-order chi connectivity index (χ1) is 4.64. The van der Waals surface area contributed by atoms with Crippen LogP contribution >= 0.6 is 0 Å². The topological polar surface area (TPSA) is 138 Å². The van der Waals surface area contributed by atoms with Crippen LogP contribution in [0.25, 0.3) is 0 Å². The summed E-state index contributed by atoms with van der Waals surface area (Å²) in [5.74, 6) is -0.685. The van der Waals surface area contributed by atoms with Crippen LogP contribution in [0.2, 0.25) is 0 Å². The molecule has 0 radical (unpaired) electrons. The Kier molecular flexibility index (Phi) is 5.90. The number of amides is 1. The molecule has 68 valence electrons. The molecule has 11 heavy (non-hydrogen) atoms. The number of aliphatic hydroxyl groups is 1. The van der Waals surface area contributed by atoms with Gasteiger partial charge in [-0.2, -0.15) is 8.42 Å². The average Bonchev–Trinajstić information content (AvgIpc) is 1.59. The van der Waals surface area contributed by atoms with E-state index in [2.05, 4.69) is 5.73 Å². The molecule has 0 aliphatic heterocycles. The van der Waals surface area contributed by atoms with Gasteiger partial charge < -0.3 is 10.8 Å². The third kappa shape index (κ3) is 45.5. The standard InChI is InChI=1S/C3H7NO2.H2O4S/c1-2(5)3(4)6;1-5(2,3)4/h2,5H,1H3,(H2,4,6);(H2,1,2,3,4). The van der Waals surface area contributed by atoms with Crippen molar-refractivity contribution in [1.29, 1.82) is 0 Å². The van der Waals surface area contributed by atoms with Crippen molar-refractivity contribution in [3.63, 3.8) is 0 Å². The minimum absolute atomic E-state index is 0.685. The van der Waals surface area contributed by atoms with E-state index in [1.165, 1.54) is 6.92 Å². The number of carbonyl (C=O) groups excluding carboxylic acids is 1. The van der Waals surface area contributed by atoms with Gasteiger partial charge in [0.15, 0.2) is 0 Å². The molecule has 1 unspecified atom stereocenters. The summed E-state index contributed by atoms with van der Waals surface area (Å²) in [7, 11) is -4.67. The molecule has 0 saturated heterocycles. The average molecular weight is 187 g/mol. The van der Waals surface area contributed by atoms with Crippen molar-refractivity contribution in [3.8, 4) is 0 Å². The predicted octanol–water partition coefficient (Wildman–Crippen LogP) is -1.80. The lowest BCUT2D eigenvalue weighted by Crippen LogP contribution is -2.24. The summed E-state index contributed by atoms with van der Waals surface area (Å²) < 4.78 is 31.6. The van der Waals surface area contributed by atoms with Gasteiger partial charge in [0.25, 0.3) is 0 Å². The van der Waals surface area contributed by atoms with Crippen molar-refractivity contribution in [2.45, 2.75) is 13.0 Å². The highest BCUT2D eigenvalue weighted by Crippen LogP contribution is 1.70. The number of carbonyl (C=O) groups is 1. The zero-order valence-corrected chi connectivity index (χ0v) is 6.45. The first kappa shape index (κ1) is 12.9. The molecule has 0 heterocycles. The van der Waals surface area contributed by atoms with Gasteiger partial charge in [0.05, 0.1) is 0 Å². The highest BCUT2D eigenvalue weighted by molar-refractivity contribution is 7.79. The zero-order valence-electron chi connectivity index (χ0n) is 5.63. The number of hydrogen-bond donors (Lipinski definition) is 4. The van der Waals surface area contributed by atoms with Crippen LogP contribution in [0.15, 0.2) is 0 Å². The van der Waals surface area contributed by atoms with E-state index in [9.17, 15) is 4.79 Å². The number of nitrogens with two attached hydrogens (primary N) is 1. The van der Waals surface area contributed by atoms with Crippen molar-refractivity contribution in [2.24, 2.45) is 5.73 Å². The Morgan fingerprint density at radius 3 is 1.55 bits per heavy atom. The lowest BCUT2D eigenvalue weighted by Gasteiger charge is -1.90. The van der Waals surface area contributed by atoms with Crippen LogP contribution in [0.3, 0.4) is 0 Å². The van der Waals surface area contributed by atoms with Gasteiger partial charge in [-0.1, -0.05) is 0 Å². The predicted molar refractivity (Wildman–Crippen MR) is 35.1 cm³/mol. The maximum absolute atomic E-state index is 9.67. The number of aliphatic hydroxyl groups excluding tert-OH is 1. The molecule has 5 N–H and O–H groups in total.